The minimum absolute atomic E-state index is 0. The van der Waals surface area contributed by atoms with Crippen LogP contribution >= 0.6 is 17.0 Å². The fourth-order valence-electron chi connectivity index (χ4n) is 4.16. The van der Waals surface area contributed by atoms with Crippen LogP contribution < -0.4 is 0 Å². The molecule has 0 amide bonds. The van der Waals surface area contributed by atoms with E-state index in [9.17, 15) is 4.79 Å². The molecule has 1 unspecified atom stereocenters. The molecule has 0 radical (unpaired) electrons. The van der Waals surface area contributed by atoms with Gasteiger partial charge in [-0.15, -0.1) is 17.0 Å². The zero-order valence-corrected chi connectivity index (χ0v) is 17.9. The van der Waals surface area contributed by atoms with Crippen LogP contribution in [0.25, 0.3) is 0 Å². The van der Waals surface area contributed by atoms with Crippen molar-refractivity contribution in [1.82, 2.24) is 9.55 Å². The Morgan fingerprint density at radius 1 is 1.07 bits per heavy atom. The topological polar surface area (TPSA) is 44.1 Å². The molecule has 1 fully saturated rings. The summed E-state index contributed by atoms with van der Waals surface area (Å²) in [5, 5.41) is 0. The first kappa shape index (κ1) is 20.3. The average molecular weight is 441 g/mol. The molecule has 28 heavy (non-hydrogen) atoms. The highest BCUT2D eigenvalue weighted by Crippen LogP contribution is 2.43. The van der Waals surface area contributed by atoms with E-state index in [1.54, 1.807) is 0 Å². The molecule has 2 aromatic carbocycles. The highest BCUT2D eigenvalue weighted by atomic mass is 79.9. The van der Waals surface area contributed by atoms with Gasteiger partial charge in [-0.1, -0.05) is 67.6 Å². The number of aryl methyl sites for hydroxylation is 2. The lowest BCUT2D eigenvalue weighted by Gasteiger charge is -2.26. The molecule has 0 spiro atoms. The Hall–Kier alpha value is -2.40. The summed E-state index contributed by atoms with van der Waals surface area (Å²) in [6.07, 6.45) is 3.34. The second-order valence-corrected chi connectivity index (χ2v) is 7.17. The molecule has 3 aromatic rings. The number of imidazole rings is 1. The van der Waals surface area contributed by atoms with Crippen LogP contribution in [0, 0.1) is 6.92 Å². The molecule has 1 saturated heterocycles. The number of benzene rings is 2. The fraction of sp³-hybridized carbons (Fsp3) is 0.304. The largest absolute Gasteiger partial charge is 0.459 e. The lowest BCUT2D eigenvalue weighted by atomic mass is 9.72. The van der Waals surface area contributed by atoms with Crippen molar-refractivity contribution < 1.29 is 9.53 Å². The summed E-state index contributed by atoms with van der Waals surface area (Å²) in [6.45, 7) is 4.73. The molecular formula is C23H25BrN2O2. The van der Waals surface area contributed by atoms with E-state index in [-0.39, 0.29) is 29.1 Å². The number of halogens is 1. The molecule has 4 nitrogen and oxygen atoms in total. The van der Waals surface area contributed by atoms with Crippen LogP contribution in [0.3, 0.4) is 0 Å². The Kier molecular flexibility index (Phi) is 6.04. The van der Waals surface area contributed by atoms with Crippen LogP contribution in [0.5, 0.6) is 0 Å². The molecule has 1 atom stereocenters. The number of carbonyl (C=O) groups excluding carboxylic acids is 1. The summed E-state index contributed by atoms with van der Waals surface area (Å²) >= 11 is 0. The van der Waals surface area contributed by atoms with E-state index >= 15 is 0 Å². The van der Waals surface area contributed by atoms with Crippen molar-refractivity contribution in [2.45, 2.75) is 44.8 Å². The third-order valence-electron chi connectivity index (χ3n) is 5.39. The summed E-state index contributed by atoms with van der Waals surface area (Å²) < 4.78 is 8.04. The van der Waals surface area contributed by atoms with E-state index in [1.807, 2.05) is 73.8 Å². The maximum absolute atomic E-state index is 13.2. The van der Waals surface area contributed by atoms with Crippen LogP contribution in [0.1, 0.15) is 36.0 Å². The summed E-state index contributed by atoms with van der Waals surface area (Å²) in [5.74, 6) is 0.861. The second kappa shape index (κ2) is 8.31. The molecule has 1 aromatic heterocycles. The predicted molar refractivity (Wildman–Crippen MR) is 115 cm³/mol. The van der Waals surface area contributed by atoms with Crippen LogP contribution in [0.4, 0.5) is 0 Å². The maximum atomic E-state index is 13.2. The molecule has 0 aliphatic carbocycles. The number of aromatic nitrogens is 2. The monoisotopic (exact) mass is 440 g/mol. The Morgan fingerprint density at radius 3 is 2.18 bits per heavy atom. The molecule has 5 heteroatoms. The number of carbonyl (C=O) groups is 1. The van der Waals surface area contributed by atoms with E-state index in [0.717, 1.165) is 29.1 Å². The number of hydrogen-bond donors (Lipinski definition) is 0. The predicted octanol–water partition coefficient (Wildman–Crippen LogP) is 4.63. The van der Waals surface area contributed by atoms with E-state index in [4.69, 9.17) is 4.74 Å². The van der Waals surface area contributed by atoms with Crippen LogP contribution in [0.2, 0.25) is 0 Å². The van der Waals surface area contributed by atoms with Gasteiger partial charge in [-0.05, 0) is 18.1 Å². The van der Waals surface area contributed by atoms with Gasteiger partial charge in [-0.2, -0.15) is 0 Å². The number of hydrogen-bond acceptors (Lipinski definition) is 3. The first-order valence-electron chi connectivity index (χ1n) is 9.48. The summed E-state index contributed by atoms with van der Waals surface area (Å²) in [5.41, 5.74) is 2.21. The van der Waals surface area contributed by atoms with Gasteiger partial charge in [0.1, 0.15) is 17.3 Å². The molecule has 0 saturated carbocycles. The zero-order valence-electron chi connectivity index (χ0n) is 16.2. The SMILES string of the molecule is Br.CCc1nc(C)cn1CC1CC(c2ccccc2)(c2ccccc2)C(=O)O1. The third kappa shape index (κ3) is 3.51. The van der Waals surface area contributed by atoms with Crippen molar-refractivity contribution in [3.8, 4) is 0 Å². The normalized spacial score (nSPS) is 17.8. The molecule has 146 valence electrons. The van der Waals surface area contributed by atoms with Crippen molar-refractivity contribution >= 4 is 23.0 Å². The van der Waals surface area contributed by atoms with Gasteiger partial charge < -0.3 is 9.30 Å². The molecule has 4 rings (SSSR count). The van der Waals surface area contributed by atoms with E-state index < -0.39 is 5.41 Å². The minimum Gasteiger partial charge on any atom is -0.459 e. The van der Waals surface area contributed by atoms with Gasteiger partial charge in [0.05, 0.1) is 12.2 Å². The Bertz CT molecular complexity index is 898. The molecule has 1 aliphatic heterocycles. The lowest BCUT2D eigenvalue weighted by Crippen LogP contribution is -2.33. The summed E-state index contributed by atoms with van der Waals surface area (Å²) in [7, 11) is 0. The van der Waals surface area contributed by atoms with Gasteiger partial charge in [-0.3, -0.25) is 4.79 Å². The zero-order chi connectivity index (χ0) is 18.9. The standard InChI is InChI=1S/C23H24N2O2.BrH/c1-3-21-24-17(2)15-25(21)16-20-14-23(22(26)27-20,18-10-6-4-7-11-18)19-12-8-5-9-13-19;/h4-13,15,20H,3,14,16H2,1-2H3;1H. The smallest absolute Gasteiger partial charge is 0.321 e. The maximum Gasteiger partial charge on any atom is 0.321 e. The van der Waals surface area contributed by atoms with Crippen molar-refractivity contribution in [2.75, 3.05) is 0 Å². The fourth-order valence-corrected chi connectivity index (χ4v) is 4.16. The number of cyclic esters (lactones) is 1. The molecule has 2 heterocycles. The van der Waals surface area contributed by atoms with Gasteiger partial charge in [0.2, 0.25) is 0 Å². The molecule has 0 N–H and O–H groups in total. The van der Waals surface area contributed by atoms with E-state index in [1.165, 1.54) is 0 Å². The Labute approximate surface area is 176 Å². The number of ether oxygens (including phenoxy) is 1. The van der Waals surface area contributed by atoms with Crippen molar-refractivity contribution in [3.63, 3.8) is 0 Å². The molecular weight excluding hydrogens is 416 g/mol. The van der Waals surface area contributed by atoms with Gasteiger partial charge in [-0.25, -0.2) is 4.98 Å². The highest BCUT2D eigenvalue weighted by Gasteiger charge is 2.51. The van der Waals surface area contributed by atoms with Crippen LogP contribution in [-0.4, -0.2) is 21.6 Å². The van der Waals surface area contributed by atoms with E-state index in [0.29, 0.717) is 13.0 Å². The highest BCUT2D eigenvalue weighted by molar-refractivity contribution is 8.93. The quantitative estimate of drug-likeness (QED) is 0.543. The van der Waals surface area contributed by atoms with Gasteiger partial charge in [0.15, 0.2) is 0 Å². The Morgan fingerprint density at radius 2 is 1.64 bits per heavy atom. The average Bonchev–Trinajstić information content (AvgIpc) is 3.22. The summed E-state index contributed by atoms with van der Waals surface area (Å²) in [4.78, 5) is 17.8. The number of rotatable bonds is 5. The number of esters is 1. The van der Waals surface area contributed by atoms with Crippen LogP contribution in [0.15, 0.2) is 66.9 Å². The van der Waals surface area contributed by atoms with Gasteiger partial charge in [0, 0.05) is 19.0 Å². The second-order valence-electron chi connectivity index (χ2n) is 7.17. The van der Waals surface area contributed by atoms with Crippen LogP contribution in [-0.2, 0) is 27.9 Å². The minimum atomic E-state index is -0.755. The summed E-state index contributed by atoms with van der Waals surface area (Å²) in [6, 6.07) is 20.0. The van der Waals surface area contributed by atoms with Crippen molar-refractivity contribution in [2.24, 2.45) is 0 Å². The van der Waals surface area contributed by atoms with E-state index in [2.05, 4.69) is 16.5 Å². The van der Waals surface area contributed by atoms with Gasteiger partial charge >= 0.3 is 5.97 Å². The first-order chi connectivity index (χ1) is 13.1. The molecule has 1 aliphatic rings. The lowest BCUT2D eigenvalue weighted by molar-refractivity contribution is -0.145. The van der Waals surface area contributed by atoms with Crippen molar-refractivity contribution in [3.05, 3.63) is 89.5 Å². The molecule has 0 bridgehead atoms. The first-order valence-corrected chi connectivity index (χ1v) is 9.48. The van der Waals surface area contributed by atoms with Gasteiger partial charge in [0.25, 0.3) is 0 Å². The third-order valence-corrected chi connectivity index (χ3v) is 5.39. The number of nitrogens with zero attached hydrogens (tertiary/aromatic N) is 2. The van der Waals surface area contributed by atoms with Crippen molar-refractivity contribution in [1.29, 1.82) is 0 Å². The Balaban J connectivity index is 0.00000225.